The molecule has 9 heteroatoms. The number of quaternary nitrogens is 1. The average Bonchev–Trinajstić information content (AvgIpc) is 3.39. The van der Waals surface area contributed by atoms with E-state index in [1.165, 1.54) is 283 Å². The fourth-order valence-corrected chi connectivity index (χ4v) is 11.3. The number of aliphatic hydroxyl groups is 1. The van der Waals surface area contributed by atoms with Crippen LogP contribution >= 0.6 is 7.82 Å². The SMILES string of the molecule is CCCCCCCCCCCCCCCCC/C=C\C/C=C\CCCCCCCCCCCCCCCCCCCC(=O)NC(COP(=O)([O-])OCC[N+](C)(C)C)C(O)CCCCCCCCCCCCCCCCCC. The summed E-state index contributed by atoms with van der Waals surface area (Å²) >= 11 is 0. The van der Waals surface area contributed by atoms with Gasteiger partial charge in [-0.15, -0.1) is 0 Å². The number of aliphatic hydroxyl groups excluding tert-OH is 1. The summed E-state index contributed by atoms with van der Waals surface area (Å²) in [4.78, 5) is 25.6. The van der Waals surface area contributed by atoms with Crippen LogP contribution in [0.5, 0.6) is 0 Å². The fourth-order valence-electron chi connectivity index (χ4n) is 10.6. The summed E-state index contributed by atoms with van der Waals surface area (Å²) in [6.07, 6.45) is 76.9. The van der Waals surface area contributed by atoms with E-state index in [0.29, 0.717) is 23.9 Å². The van der Waals surface area contributed by atoms with Crippen molar-refractivity contribution in [2.75, 3.05) is 40.9 Å². The maximum atomic E-state index is 13.0. The quantitative estimate of drug-likeness (QED) is 0.0272. The number of allylic oxidation sites excluding steroid dienone is 4. The molecule has 0 aliphatic heterocycles. The van der Waals surface area contributed by atoms with Crippen LogP contribution in [0.3, 0.4) is 0 Å². The van der Waals surface area contributed by atoms with Crippen LogP contribution in [-0.2, 0) is 18.4 Å². The van der Waals surface area contributed by atoms with Gasteiger partial charge >= 0.3 is 0 Å². The van der Waals surface area contributed by atoms with Crippen molar-refractivity contribution in [2.45, 2.75) is 366 Å². The van der Waals surface area contributed by atoms with Gasteiger partial charge < -0.3 is 28.8 Å². The number of hydrogen-bond donors (Lipinski definition) is 2. The van der Waals surface area contributed by atoms with Crippen molar-refractivity contribution in [1.29, 1.82) is 0 Å². The Morgan fingerprint density at radius 3 is 1.08 bits per heavy atom. The first-order chi connectivity index (χ1) is 37.5. The van der Waals surface area contributed by atoms with Crippen LogP contribution in [0.2, 0.25) is 0 Å². The van der Waals surface area contributed by atoms with Crippen molar-refractivity contribution in [3.05, 3.63) is 24.3 Å². The van der Waals surface area contributed by atoms with Gasteiger partial charge in [0.15, 0.2) is 0 Å². The van der Waals surface area contributed by atoms with E-state index in [-0.39, 0.29) is 19.1 Å². The summed E-state index contributed by atoms with van der Waals surface area (Å²) in [5, 5.41) is 14.0. The first kappa shape index (κ1) is 76.0. The first-order valence-corrected chi connectivity index (χ1v) is 35.6. The molecule has 3 atom stereocenters. The normalized spacial score (nSPS) is 13.8. The van der Waals surface area contributed by atoms with Gasteiger partial charge in [-0.1, -0.05) is 327 Å². The molecule has 1 amide bonds. The number of phosphoric ester groups is 1. The summed E-state index contributed by atoms with van der Waals surface area (Å²) in [6.45, 7) is 4.77. The zero-order valence-corrected chi connectivity index (χ0v) is 53.3. The zero-order valence-electron chi connectivity index (χ0n) is 52.4. The molecule has 0 saturated heterocycles. The lowest BCUT2D eigenvalue weighted by Gasteiger charge is -2.30. The maximum Gasteiger partial charge on any atom is 0.268 e. The van der Waals surface area contributed by atoms with Crippen molar-refractivity contribution in [3.8, 4) is 0 Å². The van der Waals surface area contributed by atoms with Crippen molar-refractivity contribution in [3.63, 3.8) is 0 Å². The van der Waals surface area contributed by atoms with Gasteiger partial charge in [0.1, 0.15) is 13.2 Å². The van der Waals surface area contributed by atoms with E-state index in [9.17, 15) is 19.4 Å². The predicted octanol–water partition coefficient (Wildman–Crippen LogP) is 20.9. The van der Waals surface area contributed by atoms with E-state index in [0.717, 1.165) is 44.9 Å². The second-order valence-corrected chi connectivity index (χ2v) is 26.3. The van der Waals surface area contributed by atoms with E-state index >= 15 is 0 Å². The molecule has 77 heavy (non-hydrogen) atoms. The molecule has 0 aliphatic rings. The molecular weight excluding hydrogens is 972 g/mol. The number of unbranched alkanes of at least 4 members (excludes halogenated alkanes) is 47. The predicted molar refractivity (Wildman–Crippen MR) is 335 cm³/mol. The Balaban J connectivity index is 3.89. The Labute approximate surface area is 481 Å². The number of phosphoric acid groups is 1. The standard InChI is InChI=1S/C68H135N2O6P/c1-6-8-10-12-14-16-18-20-22-24-25-26-27-28-29-30-31-32-33-34-35-36-37-38-39-40-41-42-43-44-45-46-48-50-52-54-56-58-60-62-68(72)69-66(65-76-77(73,74)75-64-63-70(3,4)5)67(71)61-59-57-55-53-51-49-47-23-21-19-17-15-13-11-9-7-2/h31-32,34-35,66-67,71H,6-30,33,36-65H2,1-5H3,(H-,69,72,73,74)/b32-31-,35-34-. The lowest BCUT2D eigenvalue weighted by atomic mass is 10.0. The highest BCUT2D eigenvalue weighted by atomic mass is 31.2. The molecule has 0 spiro atoms. The summed E-state index contributed by atoms with van der Waals surface area (Å²) in [6, 6.07) is -0.799. The van der Waals surface area contributed by atoms with Crippen LogP contribution < -0.4 is 10.2 Å². The van der Waals surface area contributed by atoms with Crippen molar-refractivity contribution in [1.82, 2.24) is 5.32 Å². The third-order valence-corrected chi connectivity index (χ3v) is 16.9. The third-order valence-electron chi connectivity index (χ3n) is 15.9. The molecule has 458 valence electrons. The number of carbonyl (C=O) groups is 1. The van der Waals surface area contributed by atoms with E-state index in [4.69, 9.17) is 9.05 Å². The van der Waals surface area contributed by atoms with Gasteiger partial charge in [-0.05, 0) is 44.9 Å². The Kier molecular flexibility index (Phi) is 58.8. The lowest BCUT2D eigenvalue weighted by molar-refractivity contribution is -0.870. The molecule has 2 N–H and O–H groups in total. The number of likely N-dealkylation sites (N-methyl/N-ethyl adjacent to an activating group) is 1. The lowest BCUT2D eigenvalue weighted by Crippen LogP contribution is -2.46. The van der Waals surface area contributed by atoms with Gasteiger partial charge in [-0.25, -0.2) is 0 Å². The third kappa shape index (κ3) is 62.4. The summed E-state index contributed by atoms with van der Waals surface area (Å²) in [7, 11) is 1.32. The van der Waals surface area contributed by atoms with Crippen LogP contribution in [0.25, 0.3) is 0 Å². The smallest absolute Gasteiger partial charge is 0.268 e. The Bertz CT molecular complexity index is 1300. The van der Waals surface area contributed by atoms with Crippen LogP contribution in [0.15, 0.2) is 24.3 Å². The summed E-state index contributed by atoms with van der Waals surface area (Å²) in [5.41, 5.74) is 0. The highest BCUT2D eigenvalue weighted by molar-refractivity contribution is 7.45. The van der Waals surface area contributed by atoms with Crippen LogP contribution in [-0.4, -0.2) is 68.5 Å². The maximum absolute atomic E-state index is 13.0. The van der Waals surface area contributed by atoms with Crippen LogP contribution in [0.4, 0.5) is 0 Å². The van der Waals surface area contributed by atoms with Crippen LogP contribution in [0.1, 0.15) is 354 Å². The molecule has 0 heterocycles. The monoisotopic (exact) mass is 1110 g/mol. The molecule has 8 nitrogen and oxygen atoms in total. The van der Waals surface area contributed by atoms with Gasteiger partial charge in [0.05, 0.1) is 39.9 Å². The van der Waals surface area contributed by atoms with Gasteiger partial charge in [0.25, 0.3) is 7.82 Å². The van der Waals surface area contributed by atoms with Gasteiger partial charge in [-0.3, -0.25) is 9.36 Å². The fraction of sp³-hybridized carbons (Fsp3) is 0.926. The number of carbonyl (C=O) groups excluding carboxylic acids is 1. The van der Waals surface area contributed by atoms with Crippen molar-refractivity contribution >= 4 is 13.7 Å². The van der Waals surface area contributed by atoms with Gasteiger partial charge in [0, 0.05) is 6.42 Å². The minimum atomic E-state index is -4.57. The molecular formula is C68H135N2O6P. The average molecular weight is 1110 g/mol. The molecule has 0 rings (SSSR count). The molecule has 0 fully saturated rings. The Hall–Kier alpha value is -1.02. The highest BCUT2D eigenvalue weighted by Gasteiger charge is 2.24. The largest absolute Gasteiger partial charge is 0.756 e. The molecule has 0 aromatic rings. The molecule has 0 aromatic heterocycles. The number of amides is 1. The van der Waals surface area contributed by atoms with Gasteiger partial charge in [-0.2, -0.15) is 0 Å². The van der Waals surface area contributed by atoms with E-state index in [2.05, 4.69) is 43.5 Å². The molecule has 0 aliphatic carbocycles. The minimum absolute atomic E-state index is 0.0145. The number of nitrogens with zero attached hydrogens (tertiary/aromatic N) is 1. The molecule has 0 saturated carbocycles. The van der Waals surface area contributed by atoms with E-state index < -0.39 is 20.0 Å². The molecule has 0 bridgehead atoms. The first-order valence-electron chi connectivity index (χ1n) is 34.2. The minimum Gasteiger partial charge on any atom is -0.756 e. The number of nitrogens with one attached hydrogen (secondary N) is 1. The summed E-state index contributed by atoms with van der Waals surface area (Å²) in [5.74, 6) is -0.159. The van der Waals surface area contributed by atoms with Crippen molar-refractivity contribution < 1.29 is 32.9 Å². The highest BCUT2D eigenvalue weighted by Crippen LogP contribution is 2.38. The Morgan fingerprint density at radius 1 is 0.455 bits per heavy atom. The molecule has 0 radical (unpaired) electrons. The summed E-state index contributed by atoms with van der Waals surface area (Å²) < 4.78 is 23.5. The molecule has 3 unspecified atom stereocenters. The second-order valence-electron chi connectivity index (χ2n) is 24.9. The topological polar surface area (TPSA) is 108 Å². The van der Waals surface area contributed by atoms with Crippen molar-refractivity contribution in [2.24, 2.45) is 0 Å². The molecule has 0 aromatic carbocycles. The van der Waals surface area contributed by atoms with Gasteiger partial charge in [0.2, 0.25) is 5.91 Å². The van der Waals surface area contributed by atoms with E-state index in [1.807, 2.05) is 21.1 Å². The zero-order chi connectivity index (χ0) is 56.3. The van der Waals surface area contributed by atoms with Crippen LogP contribution in [0, 0.1) is 0 Å². The second kappa shape index (κ2) is 59.6. The number of hydrogen-bond acceptors (Lipinski definition) is 6. The Morgan fingerprint density at radius 2 is 0.753 bits per heavy atom. The number of rotatable bonds is 64. The van der Waals surface area contributed by atoms with E-state index in [1.54, 1.807) is 0 Å².